The zero-order valence-electron chi connectivity index (χ0n) is 7.42. The highest BCUT2D eigenvalue weighted by Crippen LogP contribution is 2.12. The molecule has 1 aromatic carbocycles. The van der Waals surface area contributed by atoms with E-state index in [1.54, 1.807) is 0 Å². The van der Waals surface area contributed by atoms with Crippen molar-refractivity contribution in [2.75, 3.05) is 12.3 Å². The summed E-state index contributed by atoms with van der Waals surface area (Å²) in [5.41, 5.74) is 6.23. The first kappa shape index (κ1) is 10.6. The summed E-state index contributed by atoms with van der Waals surface area (Å²) in [5, 5.41) is 0. The van der Waals surface area contributed by atoms with Gasteiger partial charge in [-0.3, -0.25) is 0 Å². The number of nitrogen functional groups attached to an aromatic ring is 1. The lowest BCUT2D eigenvalue weighted by molar-refractivity contribution is 0.340. The summed E-state index contributed by atoms with van der Waals surface area (Å²) in [5.74, 6) is 0.872. The summed E-state index contributed by atoms with van der Waals surface area (Å²) in [6, 6.07) is 7.37. The van der Waals surface area contributed by atoms with Gasteiger partial charge in [-0.1, -0.05) is 0 Å². The fourth-order valence-electron chi connectivity index (χ4n) is 0.731. The first-order valence-corrected chi connectivity index (χ1v) is 3.81. The second-order valence-corrected chi connectivity index (χ2v) is 2.00. The minimum Gasteiger partial charge on any atom is -0.494 e. The molecule has 0 saturated heterocycles. The molecule has 0 bridgehead atoms. The van der Waals surface area contributed by atoms with Gasteiger partial charge in [0.1, 0.15) is 5.75 Å². The van der Waals surface area contributed by atoms with Crippen LogP contribution in [-0.2, 0) is 0 Å². The fourth-order valence-corrected chi connectivity index (χ4v) is 0.731. The predicted molar refractivity (Wildman–Crippen MR) is 53.3 cm³/mol. The van der Waals surface area contributed by atoms with E-state index in [4.69, 9.17) is 10.5 Å². The molecule has 0 spiro atoms. The van der Waals surface area contributed by atoms with E-state index in [9.17, 15) is 0 Å². The summed E-state index contributed by atoms with van der Waals surface area (Å²) in [6.07, 6.45) is 0. The summed E-state index contributed by atoms with van der Waals surface area (Å²) in [6.45, 7) is 8.65. The second-order valence-electron chi connectivity index (χ2n) is 2.00. The Bertz CT molecular complexity index is 206. The van der Waals surface area contributed by atoms with Crippen molar-refractivity contribution >= 4 is 5.69 Å². The van der Waals surface area contributed by atoms with Gasteiger partial charge in [0.05, 0.1) is 6.61 Å². The first-order chi connectivity index (χ1) is 5.83. The molecular formula is C10H15NO. The lowest BCUT2D eigenvalue weighted by Crippen LogP contribution is -1.91. The van der Waals surface area contributed by atoms with Gasteiger partial charge in [-0.25, -0.2) is 0 Å². The SMILES string of the molecule is C=C.CCOc1ccc(N)cc1. The van der Waals surface area contributed by atoms with Crippen molar-refractivity contribution in [1.82, 2.24) is 0 Å². The number of hydrogen-bond donors (Lipinski definition) is 1. The van der Waals surface area contributed by atoms with E-state index in [0.29, 0.717) is 6.61 Å². The molecule has 12 heavy (non-hydrogen) atoms. The van der Waals surface area contributed by atoms with Crippen molar-refractivity contribution in [2.24, 2.45) is 0 Å². The van der Waals surface area contributed by atoms with Crippen LogP contribution in [-0.4, -0.2) is 6.61 Å². The van der Waals surface area contributed by atoms with E-state index >= 15 is 0 Å². The number of hydrogen-bond acceptors (Lipinski definition) is 2. The van der Waals surface area contributed by atoms with Gasteiger partial charge in [0.2, 0.25) is 0 Å². The molecule has 0 aliphatic heterocycles. The smallest absolute Gasteiger partial charge is 0.119 e. The number of ether oxygens (including phenoxy) is 1. The molecule has 0 saturated carbocycles. The van der Waals surface area contributed by atoms with Gasteiger partial charge >= 0.3 is 0 Å². The lowest BCUT2D eigenvalue weighted by atomic mass is 10.3. The summed E-state index contributed by atoms with van der Waals surface area (Å²) in [7, 11) is 0. The third kappa shape index (κ3) is 3.66. The molecule has 0 unspecified atom stereocenters. The second kappa shape index (κ2) is 6.28. The molecule has 0 amide bonds. The van der Waals surface area contributed by atoms with Gasteiger partial charge < -0.3 is 10.5 Å². The Balaban J connectivity index is 0.000000561. The van der Waals surface area contributed by atoms with Crippen molar-refractivity contribution in [3.05, 3.63) is 37.4 Å². The van der Waals surface area contributed by atoms with E-state index in [2.05, 4.69) is 13.2 Å². The van der Waals surface area contributed by atoms with Gasteiger partial charge in [-0.15, -0.1) is 13.2 Å². The molecule has 0 aliphatic carbocycles. The largest absolute Gasteiger partial charge is 0.494 e. The highest BCUT2D eigenvalue weighted by molar-refractivity contribution is 5.41. The molecule has 0 aromatic heterocycles. The van der Waals surface area contributed by atoms with E-state index < -0.39 is 0 Å². The van der Waals surface area contributed by atoms with E-state index in [1.807, 2.05) is 31.2 Å². The Kier molecular flexibility index (Phi) is 5.53. The zero-order chi connectivity index (χ0) is 9.40. The molecule has 66 valence electrons. The van der Waals surface area contributed by atoms with Crippen molar-refractivity contribution in [3.63, 3.8) is 0 Å². The van der Waals surface area contributed by atoms with Gasteiger partial charge in [0.15, 0.2) is 0 Å². The Morgan fingerprint density at radius 1 is 1.25 bits per heavy atom. The Hall–Kier alpha value is -1.44. The molecule has 0 atom stereocenters. The molecule has 2 heteroatoms. The van der Waals surface area contributed by atoms with Crippen LogP contribution in [0.1, 0.15) is 6.92 Å². The molecule has 1 aromatic rings. The Labute approximate surface area is 73.7 Å². The van der Waals surface area contributed by atoms with Crippen molar-refractivity contribution < 1.29 is 4.74 Å². The zero-order valence-corrected chi connectivity index (χ0v) is 7.42. The van der Waals surface area contributed by atoms with Crippen LogP contribution in [0.25, 0.3) is 0 Å². The minimum atomic E-state index is 0.698. The topological polar surface area (TPSA) is 35.2 Å². The number of anilines is 1. The lowest BCUT2D eigenvalue weighted by Gasteiger charge is -2.01. The van der Waals surface area contributed by atoms with Crippen molar-refractivity contribution in [3.8, 4) is 5.75 Å². The number of rotatable bonds is 2. The van der Waals surface area contributed by atoms with Gasteiger partial charge in [0, 0.05) is 5.69 Å². The molecule has 1 rings (SSSR count). The van der Waals surface area contributed by atoms with Gasteiger partial charge in [0.25, 0.3) is 0 Å². The van der Waals surface area contributed by atoms with Crippen LogP contribution in [0.4, 0.5) is 5.69 Å². The molecule has 0 radical (unpaired) electrons. The van der Waals surface area contributed by atoms with Crippen LogP contribution in [0.3, 0.4) is 0 Å². The normalized spacial score (nSPS) is 8.08. The van der Waals surface area contributed by atoms with Crippen LogP contribution < -0.4 is 10.5 Å². The highest BCUT2D eigenvalue weighted by Gasteiger charge is 1.88. The third-order valence-corrected chi connectivity index (χ3v) is 1.19. The Morgan fingerprint density at radius 2 is 1.75 bits per heavy atom. The molecule has 0 aliphatic rings. The maximum Gasteiger partial charge on any atom is 0.119 e. The van der Waals surface area contributed by atoms with Gasteiger partial charge in [-0.05, 0) is 31.2 Å². The predicted octanol–water partition coefficient (Wildman–Crippen LogP) is 2.47. The summed E-state index contributed by atoms with van der Waals surface area (Å²) in [4.78, 5) is 0. The fraction of sp³-hybridized carbons (Fsp3) is 0.200. The molecule has 0 fully saturated rings. The highest BCUT2D eigenvalue weighted by atomic mass is 16.5. The van der Waals surface area contributed by atoms with Crippen molar-refractivity contribution in [1.29, 1.82) is 0 Å². The first-order valence-electron chi connectivity index (χ1n) is 3.81. The summed E-state index contributed by atoms with van der Waals surface area (Å²) >= 11 is 0. The minimum absolute atomic E-state index is 0.698. The Morgan fingerprint density at radius 3 is 2.17 bits per heavy atom. The van der Waals surface area contributed by atoms with Crippen molar-refractivity contribution in [2.45, 2.75) is 6.92 Å². The number of benzene rings is 1. The van der Waals surface area contributed by atoms with Gasteiger partial charge in [-0.2, -0.15) is 0 Å². The van der Waals surface area contributed by atoms with E-state index in [-0.39, 0.29) is 0 Å². The molecule has 0 heterocycles. The van der Waals surface area contributed by atoms with Crippen LogP contribution in [0.2, 0.25) is 0 Å². The molecule has 2 nitrogen and oxygen atoms in total. The maximum atomic E-state index is 5.47. The van der Waals surface area contributed by atoms with Crippen LogP contribution in [0.15, 0.2) is 37.4 Å². The number of nitrogens with two attached hydrogens (primary N) is 1. The maximum absolute atomic E-state index is 5.47. The third-order valence-electron chi connectivity index (χ3n) is 1.19. The standard InChI is InChI=1S/C8H11NO.C2H4/c1-2-10-8-5-3-7(9)4-6-8;1-2/h3-6H,2,9H2,1H3;1-2H2. The summed E-state index contributed by atoms with van der Waals surface area (Å²) < 4.78 is 5.21. The molecular weight excluding hydrogens is 150 g/mol. The van der Waals surface area contributed by atoms with Crippen LogP contribution in [0, 0.1) is 0 Å². The average Bonchev–Trinajstić information content (AvgIpc) is 2.13. The van der Waals surface area contributed by atoms with Crippen LogP contribution >= 0.6 is 0 Å². The monoisotopic (exact) mass is 165 g/mol. The van der Waals surface area contributed by atoms with E-state index in [0.717, 1.165) is 11.4 Å². The van der Waals surface area contributed by atoms with E-state index in [1.165, 1.54) is 0 Å². The van der Waals surface area contributed by atoms with Crippen LogP contribution in [0.5, 0.6) is 5.75 Å². The molecule has 2 N–H and O–H groups in total. The quantitative estimate of drug-likeness (QED) is 0.539. The average molecular weight is 165 g/mol.